The van der Waals surface area contributed by atoms with Crippen LogP contribution in [0.3, 0.4) is 0 Å². The Morgan fingerprint density at radius 2 is 2.32 bits per heavy atom. The van der Waals surface area contributed by atoms with Crippen molar-refractivity contribution in [3.05, 3.63) is 24.2 Å². The number of likely N-dealkylation sites (tertiary alicyclic amines) is 1. The maximum absolute atomic E-state index is 12.9. The van der Waals surface area contributed by atoms with Gasteiger partial charge in [-0.2, -0.15) is 0 Å². The number of hydrogen-bond donors (Lipinski definition) is 1. The molecular weight excluding hydrogens is 280 g/mol. The maximum Gasteiger partial charge on any atom is 0.230 e. The molecule has 2 atom stereocenters. The predicted molar refractivity (Wildman–Crippen MR) is 81.1 cm³/mol. The van der Waals surface area contributed by atoms with Crippen molar-refractivity contribution in [2.45, 2.75) is 38.3 Å². The number of amides is 1. The van der Waals surface area contributed by atoms with Gasteiger partial charge in [-0.15, -0.1) is 0 Å². The summed E-state index contributed by atoms with van der Waals surface area (Å²) >= 11 is 0. The van der Waals surface area contributed by atoms with E-state index in [1.807, 2.05) is 12.1 Å². The molecule has 3 fully saturated rings. The molecule has 0 aromatic carbocycles. The summed E-state index contributed by atoms with van der Waals surface area (Å²) in [4.78, 5) is 15.4. The van der Waals surface area contributed by atoms with Gasteiger partial charge in [0.25, 0.3) is 0 Å². The Labute approximate surface area is 131 Å². The first-order valence-electron chi connectivity index (χ1n) is 8.41. The molecule has 3 aliphatic rings. The zero-order valence-electron chi connectivity index (χ0n) is 12.9. The molecule has 5 nitrogen and oxygen atoms in total. The van der Waals surface area contributed by atoms with E-state index < -0.39 is 0 Å². The van der Waals surface area contributed by atoms with Gasteiger partial charge < -0.3 is 19.4 Å². The minimum atomic E-state index is -0.361. The lowest BCUT2D eigenvalue weighted by atomic mass is 9.75. The molecule has 2 aliphatic heterocycles. The largest absolute Gasteiger partial charge is 0.467 e. The summed E-state index contributed by atoms with van der Waals surface area (Å²) in [6.07, 6.45) is 6.24. The third-order valence-electron chi connectivity index (χ3n) is 5.37. The van der Waals surface area contributed by atoms with Crippen LogP contribution in [-0.2, 0) is 16.1 Å². The Bertz CT molecular complexity index is 526. The van der Waals surface area contributed by atoms with Gasteiger partial charge in [0.1, 0.15) is 5.76 Å². The average Bonchev–Trinajstić information content (AvgIpc) is 3.04. The normalized spacial score (nSPS) is 31.9. The second kappa shape index (κ2) is 5.70. The third kappa shape index (κ3) is 2.68. The van der Waals surface area contributed by atoms with Gasteiger partial charge in [-0.3, -0.25) is 4.79 Å². The molecule has 0 spiro atoms. The van der Waals surface area contributed by atoms with E-state index in [0.717, 1.165) is 44.2 Å². The lowest BCUT2D eigenvalue weighted by Gasteiger charge is -2.42. The number of ether oxygens (including phenoxy) is 1. The van der Waals surface area contributed by atoms with Gasteiger partial charge in [0.2, 0.25) is 5.91 Å². The van der Waals surface area contributed by atoms with Crippen molar-refractivity contribution in [1.82, 2.24) is 10.2 Å². The van der Waals surface area contributed by atoms with Crippen LogP contribution in [0.4, 0.5) is 0 Å². The highest BCUT2D eigenvalue weighted by Crippen LogP contribution is 2.42. The quantitative estimate of drug-likeness (QED) is 0.901. The van der Waals surface area contributed by atoms with Crippen LogP contribution in [0.15, 0.2) is 22.8 Å². The molecule has 2 saturated heterocycles. The summed E-state index contributed by atoms with van der Waals surface area (Å²) in [6.45, 7) is 4.23. The van der Waals surface area contributed by atoms with Crippen molar-refractivity contribution < 1.29 is 13.9 Å². The van der Waals surface area contributed by atoms with Gasteiger partial charge in [-0.25, -0.2) is 0 Å². The summed E-state index contributed by atoms with van der Waals surface area (Å²) in [6, 6.07) is 3.74. The van der Waals surface area contributed by atoms with Crippen LogP contribution in [0.5, 0.6) is 0 Å². The zero-order chi connectivity index (χ0) is 15.0. The molecule has 1 aliphatic carbocycles. The summed E-state index contributed by atoms with van der Waals surface area (Å²) in [5, 5.41) is 3.07. The van der Waals surface area contributed by atoms with E-state index in [2.05, 4.69) is 10.2 Å². The van der Waals surface area contributed by atoms with Gasteiger partial charge in [-0.1, -0.05) is 0 Å². The topological polar surface area (TPSA) is 54.7 Å². The van der Waals surface area contributed by atoms with Crippen molar-refractivity contribution in [3.63, 3.8) is 0 Å². The molecule has 1 aromatic rings. The van der Waals surface area contributed by atoms with E-state index in [0.29, 0.717) is 13.2 Å². The van der Waals surface area contributed by atoms with Gasteiger partial charge in [-0.05, 0) is 43.7 Å². The molecule has 4 rings (SSSR count). The van der Waals surface area contributed by atoms with E-state index in [4.69, 9.17) is 9.15 Å². The predicted octanol–water partition coefficient (Wildman–Crippen LogP) is 1.79. The van der Waals surface area contributed by atoms with Crippen LogP contribution in [0.1, 0.15) is 31.4 Å². The molecule has 3 heterocycles. The Kier molecular flexibility index (Phi) is 3.70. The number of rotatable bonds is 5. The van der Waals surface area contributed by atoms with E-state index >= 15 is 0 Å². The first-order chi connectivity index (χ1) is 10.8. The number of fused-ring (bicyclic) bond motifs is 1. The molecule has 5 heteroatoms. The van der Waals surface area contributed by atoms with E-state index in [9.17, 15) is 4.79 Å². The molecule has 1 saturated carbocycles. The SMILES string of the molecule is O=C(NCc1ccco1)[C@@]12CCO[C@@H]1CCN(CC1CC1)C2. The summed E-state index contributed by atoms with van der Waals surface area (Å²) in [7, 11) is 0. The molecule has 22 heavy (non-hydrogen) atoms. The van der Waals surface area contributed by atoms with Gasteiger partial charge >= 0.3 is 0 Å². The summed E-state index contributed by atoms with van der Waals surface area (Å²) in [5.41, 5.74) is -0.361. The summed E-state index contributed by atoms with van der Waals surface area (Å²) < 4.78 is 11.2. The highest BCUT2D eigenvalue weighted by molar-refractivity contribution is 5.84. The van der Waals surface area contributed by atoms with Crippen molar-refractivity contribution >= 4 is 5.91 Å². The first kappa shape index (κ1) is 14.3. The van der Waals surface area contributed by atoms with Crippen LogP contribution in [0.2, 0.25) is 0 Å². The number of furan rings is 1. The Morgan fingerprint density at radius 3 is 3.09 bits per heavy atom. The van der Waals surface area contributed by atoms with E-state index in [-0.39, 0.29) is 17.4 Å². The molecule has 1 N–H and O–H groups in total. The lowest BCUT2D eigenvalue weighted by molar-refractivity contribution is -0.139. The fraction of sp³-hybridized carbons (Fsp3) is 0.706. The number of nitrogens with zero attached hydrogens (tertiary/aromatic N) is 1. The molecule has 0 bridgehead atoms. The molecule has 0 unspecified atom stereocenters. The van der Waals surface area contributed by atoms with E-state index in [1.165, 1.54) is 12.8 Å². The van der Waals surface area contributed by atoms with Crippen molar-refractivity contribution in [1.29, 1.82) is 0 Å². The van der Waals surface area contributed by atoms with Gasteiger partial charge in [0.05, 0.1) is 24.3 Å². The van der Waals surface area contributed by atoms with Gasteiger partial charge in [0, 0.05) is 26.2 Å². The third-order valence-corrected chi connectivity index (χ3v) is 5.37. The van der Waals surface area contributed by atoms with Crippen molar-refractivity contribution in [2.75, 3.05) is 26.2 Å². The van der Waals surface area contributed by atoms with Crippen LogP contribution < -0.4 is 5.32 Å². The van der Waals surface area contributed by atoms with E-state index in [1.54, 1.807) is 6.26 Å². The number of hydrogen-bond acceptors (Lipinski definition) is 4. The highest BCUT2D eigenvalue weighted by Gasteiger charge is 2.53. The van der Waals surface area contributed by atoms with Crippen molar-refractivity contribution in [2.24, 2.45) is 11.3 Å². The average molecular weight is 304 g/mol. The standard InChI is InChI=1S/C17H24N2O3/c20-16(18-10-14-2-1-8-21-14)17-6-9-22-15(17)5-7-19(12-17)11-13-3-4-13/h1-2,8,13,15H,3-7,9-12H2,(H,18,20)/t15-,17-/m1/s1. The first-order valence-corrected chi connectivity index (χ1v) is 8.41. The Balaban J connectivity index is 1.43. The highest BCUT2D eigenvalue weighted by atomic mass is 16.5. The molecule has 120 valence electrons. The molecule has 1 amide bonds. The Hall–Kier alpha value is -1.33. The van der Waals surface area contributed by atoms with Crippen molar-refractivity contribution in [3.8, 4) is 0 Å². The van der Waals surface area contributed by atoms with Crippen LogP contribution in [0, 0.1) is 11.3 Å². The maximum atomic E-state index is 12.9. The number of carbonyl (C=O) groups is 1. The lowest BCUT2D eigenvalue weighted by Crippen LogP contribution is -2.57. The molecule has 1 aromatic heterocycles. The van der Waals surface area contributed by atoms with Crippen LogP contribution in [0.25, 0.3) is 0 Å². The van der Waals surface area contributed by atoms with Crippen LogP contribution >= 0.6 is 0 Å². The van der Waals surface area contributed by atoms with Gasteiger partial charge in [0.15, 0.2) is 0 Å². The number of nitrogens with one attached hydrogen (secondary N) is 1. The molecule has 0 radical (unpaired) electrons. The Morgan fingerprint density at radius 1 is 1.41 bits per heavy atom. The second-order valence-electron chi connectivity index (χ2n) is 6.99. The second-order valence-corrected chi connectivity index (χ2v) is 6.99. The number of carbonyl (C=O) groups excluding carboxylic acids is 1. The minimum Gasteiger partial charge on any atom is -0.467 e. The smallest absolute Gasteiger partial charge is 0.230 e. The fourth-order valence-electron chi connectivity index (χ4n) is 3.93. The minimum absolute atomic E-state index is 0.0829. The summed E-state index contributed by atoms with van der Waals surface area (Å²) in [5.74, 6) is 1.79. The monoisotopic (exact) mass is 304 g/mol. The molecular formula is C17H24N2O3. The zero-order valence-corrected chi connectivity index (χ0v) is 12.9. The van der Waals surface area contributed by atoms with Crippen LogP contribution in [-0.4, -0.2) is 43.2 Å². The fourth-order valence-corrected chi connectivity index (χ4v) is 3.93. The number of piperidine rings is 1.